The monoisotopic (exact) mass is 224 g/mol. The summed E-state index contributed by atoms with van der Waals surface area (Å²) in [6, 6.07) is 1.38. The normalized spacial score (nSPS) is 10.9. The van der Waals surface area contributed by atoms with Crippen LogP contribution in [0.2, 0.25) is 5.02 Å². The van der Waals surface area contributed by atoms with Crippen molar-refractivity contribution >= 4 is 28.2 Å². The molecule has 2 rings (SSSR count). The van der Waals surface area contributed by atoms with Gasteiger partial charge >= 0.3 is 0 Å². The molecule has 15 heavy (non-hydrogen) atoms. The smallest absolute Gasteiger partial charge is 0.128 e. The Morgan fingerprint density at radius 2 is 2.07 bits per heavy atom. The molecule has 78 valence electrons. The summed E-state index contributed by atoms with van der Waals surface area (Å²) >= 11 is 6.06. The van der Waals surface area contributed by atoms with Crippen molar-refractivity contribution in [3.63, 3.8) is 0 Å². The van der Waals surface area contributed by atoms with Gasteiger partial charge < -0.3 is 5.73 Å². The minimum atomic E-state index is -0.352. The molecule has 1 aromatic heterocycles. The third-order valence-corrected chi connectivity index (χ3v) is 3.02. The lowest BCUT2D eigenvalue weighted by atomic mass is 10.1. The molecule has 0 aliphatic carbocycles. The van der Waals surface area contributed by atoms with Gasteiger partial charge in [0.05, 0.1) is 16.2 Å². The largest absolute Gasteiger partial charge is 0.397 e. The van der Waals surface area contributed by atoms with E-state index in [9.17, 15) is 4.39 Å². The second-order valence-electron chi connectivity index (χ2n) is 3.55. The summed E-state index contributed by atoms with van der Waals surface area (Å²) in [7, 11) is 0. The molecule has 0 fully saturated rings. The van der Waals surface area contributed by atoms with Crippen LogP contribution in [0.5, 0.6) is 0 Å². The van der Waals surface area contributed by atoms with Gasteiger partial charge in [-0.3, -0.25) is 4.98 Å². The van der Waals surface area contributed by atoms with E-state index in [-0.39, 0.29) is 5.82 Å². The van der Waals surface area contributed by atoms with Gasteiger partial charge in [0, 0.05) is 17.1 Å². The summed E-state index contributed by atoms with van der Waals surface area (Å²) in [5.74, 6) is -0.352. The quantitative estimate of drug-likeness (QED) is 0.698. The first kappa shape index (κ1) is 10.2. The molecule has 0 radical (unpaired) electrons. The van der Waals surface area contributed by atoms with E-state index >= 15 is 0 Å². The van der Waals surface area contributed by atoms with Gasteiger partial charge in [-0.1, -0.05) is 11.6 Å². The lowest BCUT2D eigenvalue weighted by molar-refractivity contribution is 0.621. The predicted octanol–water partition coefficient (Wildman–Crippen LogP) is 3.23. The van der Waals surface area contributed by atoms with E-state index in [1.54, 1.807) is 13.1 Å². The van der Waals surface area contributed by atoms with Crippen LogP contribution in [0.25, 0.3) is 10.9 Å². The number of hydrogen-bond acceptors (Lipinski definition) is 2. The topological polar surface area (TPSA) is 38.9 Å². The number of aromatic nitrogens is 1. The number of nitrogens with two attached hydrogens (primary N) is 1. The van der Waals surface area contributed by atoms with Gasteiger partial charge in [0.15, 0.2) is 0 Å². The number of rotatable bonds is 0. The molecule has 0 amide bonds. The highest BCUT2D eigenvalue weighted by Crippen LogP contribution is 2.31. The summed E-state index contributed by atoms with van der Waals surface area (Å²) in [5.41, 5.74) is 7.91. The summed E-state index contributed by atoms with van der Waals surface area (Å²) in [4.78, 5) is 4.17. The van der Waals surface area contributed by atoms with Crippen LogP contribution in [-0.2, 0) is 0 Å². The molecule has 0 aliphatic rings. The van der Waals surface area contributed by atoms with E-state index in [1.165, 1.54) is 6.07 Å². The summed E-state index contributed by atoms with van der Waals surface area (Å²) in [5, 5.41) is 1.07. The summed E-state index contributed by atoms with van der Waals surface area (Å²) in [6.07, 6.45) is 1.64. The molecule has 0 saturated heterocycles. The molecule has 0 atom stereocenters. The maximum atomic E-state index is 13.5. The third kappa shape index (κ3) is 1.43. The zero-order valence-electron chi connectivity index (χ0n) is 8.44. The number of nitrogens with zero attached hydrogens (tertiary/aromatic N) is 1. The van der Waals surface area contributed by atoms with Crippen LogP contribution in [0.15, 0.2) is 12.3 Å². The second kappa shape index (κ2) is 3.35. The number of benzene rings is 1. The third-order valence-electron chi connectivity index (χ3n) is 2.51. The number of halogens is 2. The van der Waals surface area contributed by atoms with Crippen molar-refractivity contribution in [1.82, 2.24) is 4.98 Å². The van der Waals surface area contributed by atoms with Gasteiger partial charge in [-0.2, -0.15) is 0 Å². The van der Waals surface area contributed by atoms with E-state index in [4.69, 9.17) is 17.3 Å². The van der Waals surface area contributed by atoms with Crippen molar-refractivity contribution in [1.29, 1.82) is 0 Å². The number of fused-ring (bicyclic) bond motifs is 1. The zero-order valence-corrected chi connectivity index (χ0v) is 9.19. The van der Waals surface area contributed by atoms with Crippen molar-refractivity contribution in [2.24, 2.45) is 0 Å². The number of aryl methyl sites for hydroxylation is 1. The Morgan fingerprint density at radius 3 is 2.73 bits per heavy atom. The molecule has 0 aliphatic heterocycles. The van der Waals surface area contributed by atoms with E-state index < -0.39 is 0 Å². The molecule has 2 nitrogen and oxygen atoms in total. The van der Waals surface area contributed by atoms with Gasteiger partial charge in [0.1, 0.15) is 5.82 Å². The highest BCUT2D eigenvalue weighted by atomic mass is 35.5. The molecular formula is C11H10ClFN2. The number of anilines is 1. The van der Waals surface area contributed by atoms with E-state index in [2.05, 4.69) is 4.98 Å². The highest BCUT2D eigenvalue weighted by Gasteiger charge is 2.11. The van der Waals surface area contributed by atoms with Gasteiger partial charge in [-0.25, -0.2) is 4.39 Å². The van der Waals surface area contributed by atoms with Crippen LogP contribution in [0.4, 0.5) is 10.1 Å². The maximum Gasteiger partial charge on any atom is 0.128 e. The van der Waals surface area contributed by atoms with E-state index in [0.717, 1.165) is 5.56 Å². The fourth-order valence-electron chi connectivity index (χ4n) is 1.49. The van der Waals surface area contributed by atoms with Crippen LogP contribution in [0.1, 0.15) is 11.1 Å². The van der Waals surface area contributed by atoms with E-state index in [1.807, 2.05) is 6.92 Å². The van der Waals surface area contributed by atoms with Crippen LogP contribution in [0, 0.1) is 19.7 Å². The second-order valence-corrected chi connectivity index (χ2v) is 3.93. The number of hydrogen-bond donors (Lipinski definition) is 1. The SMILES string of the molecule is Cc1cnc2c(N)c(C)c(F)cc2c1Cl. The fourth-order valence-corrected chi connectivity index (χ4v) is 1.68. The average molecular weight is 225 g/mol. The molecule has 2 N–H and O–H groups in total. The van der Waals surface area contributed by atoms with Crippen molar-refractivity contribution in [3.8, 4) is 0 Å². The average Bonchev–Trinajstić information content (AvgIpc) is 2.21. The predicted molar refractivity (Wildman–Crippen MR) is 60.6 cm³/mol. The Labute approximate surface area is 91.9 Å². The van der Waals surface area contributed by atoms with Gasteiger partial charge in [-0.05, 0) is 25.5 Å². The lowest BCUT2D eigenvalue weighted by Crippen LogP contribution is -1.97. The van der Waals surface area contributed by atoms with Crippen molar-refractivity contribution in [2.45, 2.75) is 13.8 Å². The minimum Gasteiger partial charge on any atom is -0.397 e. The molecule has 0 bridgehead atoms. The summed E-state index contributed by atoms with van der Waals surface area (Å²) in [6.45, 7) is 3.45. The minimum absolute atomic E-state index is 0.352. The molecule has 4 heteroatoms. The standard InChI is InChI=1S/C11H10ClFN2/c1-5-4-15-11-7(9(5)12)3-8(13)6(2)10(11)14/h3-4H,14H2,1-2H3. The summed E-state index contributed by atoms with van der Waals surface area (Å²) < 4.78 is 13.5. The number of pyridine rings is 1. The van der Waals surface area contributed by atoms with Crippen LogP contribution in [-0.4, -0.2) is 4.98 Å². The molecule has 2 aromatic rings. The Bertz CT molecular complexity index is 552. The van der Waals surface area contributed by atoms with Crippen LogP contribution in [0.3, 0.4) is 0 Å². The Kier molecular flexibility index (Phi) is 2.27. The first-order valence-electron chi connectivity index (χ1n) is 4.51. The highest BCUT2D eigenvalue weighted by molar-refractivity contribution is 6.36. The van der Waals surface area contributed by atoms with Gasteiger partial charge in [0.2, 0.25) is 0 Å². The Hall–Kier alpha value is -1.35. The Balaban J connectivity index is 2.98. The molecule has 0 unspecified atom stereocenters. The molecule has 1 heterocycles. The van der Waals surface area contributed by atoms with Gasteiger partial charge in [0.25, 0.3) is 0 Å². The van der Waals surface area contributed by atoms with Crippen molar-refractivity contribution in [2.75, 3.05) is 5.73 Å². The first-order chi connectivity index (χ1) is 7.02. The number of nitrogen functional groups attached to an aromatic ring is 1. The zero-order chi connectivity index (χ0) is 11.2. The maximum absolute atomic E-state index is 13.5. The van der Waals surface area contributed by atoms with Crippen LogP contribution < -0.4 is 5.73 Å². The molecular weight excluding hydrogens is 215 g/mol. The molecule has 0 saturated carbocycles. The molecule has 1 aromatic carbocycles. The Morgan fingerprint density at radius 1 is 1.40 bits per heavy atom. The fraction of sp³-hybridized carbons (Fsp3) is 0.182. The van der Waals surface area contributed by atoms with Crippen molar-refractivity contribution in [3.05, 3.63) is 34.2 Å². The van der Waals surface area contributed by atoms with Crippen molar-refractivity contribution < 1.29 is 4.39 Å². The first-order valence-corrected chi connectivity index (χ1v) is 4.89. The molecule has 0 spiro atoms. The van der Waals surface area contributed by atoms with E-state index in [0.29, 0.717) is 27.2 Å². The van der Waals surface area contributed by atoms with Crippen LogP contribution >= 0.6 is 11.6 Å². The van der Waals surface area contributed by atoms with Gasteiger partial charge in [-0.15, -0.1) is 0 Å². The lowest BCUT2D eigenvalue weighted by Gasteiger charge is -2.08.